The molecule has 4 rings (SSSR count). The Hall–Kier alpha value is -2.43. The molecule has 0 saturated heterocycles. The minimum Gasteiger partial charge on any atom is -0.342 e. The van der Waals surface area contributed by atoms with Crippen LogP contribution in [0.15, 0.2) is 48.5 Å². The molecule has 6 heteroatoms. The molecule has 1 aromatic heterocycles. The van der Waals surface area contributed by atoms with Gasteiger partial charge in [-0.2, -0.15) is 0 Å². The van der Waals surface area contributed by atoms with Gasteiger partial charge < -0.3 is 4.90 Å². The first kappa shape index (κ1) is 19.9. The lowest BCUT2D eigenvalue weighted by molar-refractivity contribution is -0.130. The van der Waals surface area contributed by atoms with E-state index in [1.54, 1.807) is 0 Å². The number of aromatic nitrogens is 2. The summed E-state index contributed by atoms with van der Waals surface area (Å²) in [5, 5.41) is 1.35. The van der Waals surface area contributed by atoms with Gasteiger partial charge >= 0.3 is 0 Å². The molecule has 0 unspecified atom stereocenters. The molecule has 2 heterocycles. The number of amides is 1. The van der Waals surface area contributed by atoms with Gasteiger partial charge in [-0.3, -0.25) is 4.79 Å². The van der Waals surface area contributed by atoms with Crippen LogP contribution in [0.2, 0.25) is 10.0 Å². The number of fused-ring (bicyclic) bond motifs is 1. The number of carbonyl (C=O) groups is 1. The van der Waals surface area contributed by atoms with Gasteiger partial charge in [-0.05, 0) is 43.2 Å². The number of benzene rings is 2. The molecule has 0 bridgehead atoms. The highest BCUT2D eigenvalue weighted by Gasteiger charge is 2.23. The number of hydrogen-bond acceptors (Lipinski definition) is 3. The van der Waals surface area contributed by atoms with Crippen LogP contribution in [0.4, 0.5) is 0 Å². The van der Waals surface area contributed by atoms with Crippen molar-refractivity contribution in [1.29, 1.82) is 0 Å². The van der Waals surface area contributed by atoms with E-state index in [4.69, 9.17) is 28.2 Å². The molecule has 29 heavy (non-hydrogen) atoms. The van der Waals surface area contributed by atoms with Gasteiger partial charge in [-0.1, -0.05) is 47.5 Å². The summed E-state index contributed by atoms with van der Waals surface area (Å²) >= 11 is 12.1. The Kier molecular flexibility index (Phi) is 5.84. The van der Waals surface area contributed by atoms with Crippen LogP contribution in [0.3, 0.4) is 0 Å². The molecule has 1 aliphatic heterocycles. The number of rotatable bonds is 3. The second-order valence-electron chi connectivity index (χ2n) is 7.24. The van der Waals surface area contributed by atoms with Gasteiger partial charge in [-0.25, -0.2) is 9.97 Å². The zero-order chi connectivity index (χ0) is 20.4. The van der Waals surface area contributed by atoms with E-state index in [1.807, 2.05) is 60.4 Å². The van der Waals surface area contributed by atoms with Gasteiger partial charge in [0.25, 0.3) is 0 Å². The van der Waals surface area contributed by atoms with E-state index in [1.165, 1.54) is 0 Å². The molecule has 0 aliphatic carbocycles. The minimum absolute atomic E-state index is 0.109. The third kappa shape index (κ3) is 4.60. The monoisotopic (exact) mass is 425 g/mol. The Morgan fingerprint density at radius 2 is 1.76 bits per heavy atom. The predicted molar refractivity (Wildman–Crippen MR) is 116 cm³/mol. The number of aryl methyl sites for hydroxylation is 1. The Labute approximate surface area is 180 Å². The van der Waals surface area contributed by atoms with Crippen LogP contribution in [-0.4, -0.2) is 33.9 Å². The number of nitrogens with zero attached hydrogens (tertiary/aromatic N) is 3. The molecule has 0 atom stereocenters. The molecule has 0 saturated carbocycles. The standard InChI is InChI=1S/C23H21Cl2N3O/c1-15-26-21-10-12-28(22(29)14-16-3-2-4-19(25)13-16)11-9-20(21)23(27-15)17-5-7-18(24)8-6-17/h2-8,13H,9-12,14H2,1H3. The number of halogens is 2. The van der Waals surface area contributed by atoms with E-state index < -0.39 is 0 Å². The second-order valence-corrected chi connectivity index (χ2v) is 8.11. The zero-order valence-corrected chi connectivity index (χ0v) is 17.7. The van der Waals surface area contributed by atoms with Crippen molar-refractivity contribution in [3.05, 3.63) is 81.2 Å². The summed E-state index contributed by atoms with van der Waals surface area (Å²) in [6.07, 6.45) is 1.81. The summed E-state index contributed by atoms with van der Waals surface area (Å²) < 4.78 is 0. The highest BCUT2D eigenvalue weighted by Crippen LogP contribution is 2.28. The maximum atomic E-state index is 12.9. The van der Waals surface area contributed by atoms with Gasteiger partial charge in [-0.15, -0.1) is 0 Å². The quantitative estimate of drug-likeness (QED) is 0.597. The van der Waals surface area contributed by atoms with Gasteiger partial charge in [0.15, 0.2) is 0 Å². The Balaban J connectivity index is 1.56. The van der Waals surface area contributed by atoms with E-state index in [9.17, 15) is 4.79 Å². The fourth-order valence-corrected chi connectivity index (χ4v) is 4.09. The summed E-state index contributed by atoms with van der Waals surface area (Å²) in [6, 6.07) is 15.2. The zero-order valence-electron chi connectivity index (χ0n) is 16.2. The average molecular weight is 426 g/mol. The van der Waals surface area contributed by atoms with E-state index in [2.05, 4.69) is 4.98 Å². The van der Waals surface area contributed by atoms with Crippen LogP contribution >= 0.6 is 23.2 Å². The van der Waals surface area contributed by atoms with Crippen LogP contribution in [0.25, 0.3) is 11.3 Å². The average Bonchev–Trinajstić information content (AvgIpc) is 2.91. The van der Waals surface area contributed by atoms with Crippen molar-refractivity contribution in [3.63, 3.8) is 0 Å². The van der Waals surface area contributed by atoms with Crippen LogP contribution in [0.1, 0.15) is 22.6 Å². The first-order valence-corrected chi connectivity index (χ1v) is 10.4. The highest BCUT2D eigenvalue weighted by molar-refractivity contribution is 6.30. The van der Waals surface area contributed by atoms with Crippen molar-refractivity contribution in [3.8, 4) is 11.3 Å². The van der Waals surface area contributed by atoms with Crippen molar-refractivity contribution >= 4 is 29.1 Å². The summed E-state index contributed by atoms with van der Waals surface area (Å²) in [7, 11) is 0. The molecule has 1 aliphatic rings. The van der Waals surface area contributed by atoms with E-state index in [0.717, 1.165) is 46.7 Å². The van der Waals surface area contributed by atoms with Gasteiger partial charge in [0.1, 0.15) is 5.82 Å². The summed E-state index contributed by atoms with van der Waals surface area (Å²) in [6.45, 7) is 3.22. The van der Waals surface area contributed by atoms with E-state index in [-0.39, 0.29) is 5.91 Å². The van der Waals surface area contributed by atoms with E-state index >= 15 is 0 Å². The highest BCUT2D eigenvalue weighted by atomic mass is 35.5. The van der Waals surface area contributed by atoms with Crippen molar-refractivity contribution in [2.45, 2.75) is 26.2 Å². The predicted octanol–water partition coefficient (Wildman–Crippen LogP) is 4.93. The Morgan fingerprint density at radius 1 is 1.00 bits per heavy atom. The van der Waals surface area contributed by atoms with Crippen molar-refractivity contribution < 1.29 is 4.79 Å². The fourth-order valence-electron chi connectivity index (χ4n) is 3.75. The Bertz CT molecular complexity index is 1050. The topological polar surface area (TPSA) is 46.1 Å². The first-order chi connectivity index (χ1) is 14.0. The largest absolute Gasteiger partial charge is 0.342 e. The van der Waals surface area contributed by atoms with Gasteiger partial charge in [0.2, 0.25) is 5.91 Å². The molecular formula is C23H21Cl2N3O. The molecule has 0 N–H and O–H groups in total. The smallest absolute Gasteiger partial charge is 0.227 e. The minimum atomic E-state index is 0.109. The van der Waals surface area contributed by atoms with Gasteiger partial charge in [0.05, 0.1) is 12.1 Å². The lowest BCUT2D eigenvalue weighted by Gasteiger charge is -2.20. The SMILES string of the molecule is Cc1nc2c(c(-c3ccc(Cl)cc3)n1)CCN(C(=O)Cc1cccc(Cl)c1)CC2. The summed E-state index contributed by atoms with van der Waals surface area (Å²) in [5.41, 5.74) is 5.04. The van der Waals surface area contributed by atoms with Crippen molar-refractivity contribution in [2.75, 3.05) is 13.1 Å². The van der Waals surface area contributed by atoms with Crippen LogP contribution < -0.4 is 0 Å². The molecule has 4 nitrogen and oxygen atoms in total. The maximum Gasteiger partial charge on any atom is 0.227 e. The molecule has 3 aromatic rings. The fraction of sp³-hybridized carbons (Fsp3) is 0.261. The molecule has 0 fully saturated rings. The third-order valence-electron chi connectivity index (χ3n) is 5.17. The summed E-state index contributed by atoms with van der Waals surface area (Å²) in [4.78, 5) is 24.2. The van der Waals surface area contributed by atoms with Crippen LogP contribution in [-0.2, 0) is 24.1 Å². The van der Waals surface area contributed by atoms with E-state index in [0.29, 0.717) is 29.6 Å². The first-order valence-electron chi connectivity index (χ1n) is 9.64. The number of hydrogen-bond donors (Lipinski definition) is 0. The Morgan fingerprint density at radius 3 is 2.52 bits per heavy atom. The molecule has 2 aromatic carbocycles. The molecular weight excluding hydrogens is 405 g/mol. The maximum absolute atomic E-state index is 12.9. The molecule has 1 amide bonds. The lowest BCUT2D eigenvalue weighted by atomic mass is 10.0. The summed E-state index contributed by atoms with van der Waals surface area (Å²) in [5.74, 6) is 0.852. The third-order valence-corrected chi connectivity index (χ3v) is 5.66. The normalized spacial score (nSPS) is 13.7. The lowest BCUT2D eigenvalue weighted by Crippen LogP contribution is -2.34. The van der Waals surface area contributed by atoms with Crippen molar-refractivity contribution in [1.82, 2.24) is 14.9 Å². The van der Waals surface area contributed by atoms with Gasteiger partial charge in [0, 0.05) is 46.4 Å². The van der Waals surface area contributed by atoms with Crippen LogP contribution in [0, 0.1) is 6.92 Å². The number of carbonyl (C=O) groups excluding carboxylic acids is 1. The van der Waals surface area contributed by atoms with Crippen LogP contribution in [0.5, 0.6) is 0 Å². The molecule has 0 spiro atoms. The van der Waals surface area contributed by atoms with Crippen molar-refractivity contribution in [2.24, 2.45) is 0 Å². The molecule has 0 radical (unpaired) electrons. The second kappa shape index (κ2) is 8.52. The molecule has 148 valence electrons.